The molecule has 1 fully saturated rings. The van der Waals surface area contributed by atoms with E-state index in [2.05, 4.69) is 62.5 Å². The highest BCUT2D eigenvalue weighted by atomic mass is 16.5. The second-order valence-corrected chi connectivity index (χ2v) is 14.3. The molecule has 298 valence electrons. The van der Waals surface area contributed by atoms with Gasteiger partial charge in [0, 0.05) is 32.3 Å². The minimum atomic E-state index is -0.230. The normalized spacial score (nSPS) is 13.6. The number of fused-ring (bicyclic) bond motifs is 1. The third-order valence-electron chi connectivity index (χ3n) is 9.40. The number of benzene rings is 1. The van der Waals surface area contributed by atoms with Crippen LogP contribution >= 0.6 is 0 Å². The van der Waals surface area contributed by atoms with E-state index in [1.807, 2.05) is 57.5 Å². The van der Waals surface area contributed by atoms with Gasteiger partial charge in [-0.15, -0.1) is 0 Å². The number of aromatic nitrogens is 3. The molecular weight excluding hydrogens is 659 g/mol. The Bertz CT molecular complexity index is 1540. The Labute approximate surface area is 323 Å². The van der Waals surface area contributed by atoms with Gasteiger partial charge >= 0.3 is 0 Å². The van der Waals surface area contributed by atoms with Crippen molar-refractivity contribution in [2.24, 2.45) is 13.0 Å². The maximum absolute atomic E-state index is 13.3. The molecule has 2 aliphatic rings. The second-order valence-electron chi connectivity index (χ2n) is 14.3. The number of hydrogen-bond acceptors (Lipinski definition) is 5. The largest absolute Gasteiger partial charge is 0.500 e. The van der Waals surface area contributed by atoms with Gasteiger partial charge in [0.25, 0.3) is 5.91 Å². The van der Waals surface area contributed by atoms with Crippen molar-refractivity contribution in [1.82, 2.24) is 14.5 Å². The van der Waals surface area contributed by atoms with Crippen LogP contribution < -0.4 is 5.32 Å². The summed E-state index contributed by atoms with van der Waals surface area (Å²) in [7, 11) is 5.29. The minimum Gasteiger partial charge on any atom is -0.500 e. The molecule has 0 spiro atoms. The molecule has 0 bridgehead atoms. The molecule has 1 aliphatic carbocycles. The first-order chi connectivity index (χ1) is 25.5. The van der Waals surface area contributed by atoms with Crippen molar-refractivity contribution in [1.29, 1.82) is 0 Å². The molecule has 1 aliphatic heterocycles. The molecule has 1 aromatic carbocycles. The van der Waals surface area contributed by atoms with E-state index < -0.39 is 0 Å². The highest BCUT2D eigenvalue weighted by Crippen LogP contribution is 2.27. The third-order valence-corrected chi connectivity index (χ3v) is 9.40. The number of methoxy groups -OCH3 is 2. The lowest BCUT2D eigenvalue weighted by Gasteiger charge is -2.20. The SMILES string of the molecule is C1CCCC1.CC.CCCC.CCCCCC(C)C.COCC[N+]1=C(C)C(c2cc(C(=O)Nc3nc4ccc(C)cc4n3C)cc(C)n2)=C(OC)CC1. The van der Waals surface area contributed by atoms with Crippen molar-refractivity contribution in [3.8, 4) is 0 Å². The molecule has 2 aromatic heterocycles. The molecule has 0 unspecified atom stereocenters. The number of pyridine rings is 1. The molecule has 0 atom stereocenters. The molecule has 53 heavy (non-hydrogen) atoms. The lowest BCUT2D eigenvalue weighted by molar-refractivity contribution is -0.530. The van der Waals surface area contributed by atoms with Crippen LogP contribution in [0.25, 0.3) is 16.6 Å². The molecule has 8 heteroatoms. The van der Waals surface area contributed by atoms with E-state index in [4.69, 9.17) is 14.5 Å². The predicted octanol–water partition coefficient (Wildman–Crippen LogP) is 11.7. The highest BCUT2D eigenvalue weighted by Gasteiger charge is 2.29. The number of hydrogen-bond donors (Lipinski definition) is 1. The Kier molecular flexibility index (Phi) is 24.3. The van der Waals surface area contributed by atoms with E-state index in [1.165, 1.54) is 70.6 Å². The fraction of sp³-hybridized carbons (Fsp3) is 0.644. The summed E-state index contributed by atoms with van der Waals surface area (Å²) in [5.41, 5.74) is 6.96. The van der Waals surface area contributed by atoms with Gasteiger partial charge in [-0.25, -0.2) is 9.56 Å². The number of anilines is 1. The number of ether oxygens (including phenoxy) is 2. The average molecular weight is 735 g/mol. The number of nitrogens with one attached hydrogen (secondary N) is 1. The fourth-order valence-corrected chi connectivity index (χ4v) is 6.10. The van der Waals surface area contributed by atoms with Crippen LogP contribution in [0.2, 0.25) is 0 Å². The Balaban J connectivity index is 0.000000606. The topological polar surface area (TPSA) is 81.3 Å². The number of imidazole rings is 1. The molecule has 1 amide bonds. The van der Waals surface area contributed by atoms with E-state index in [1.54, 1.807) is 20.3 Å². The third kappa shape index (κ3) is 16.6. The highest BCUT2D eigenvalue weighted by molar-refractivity contribution is 6.21. The van der Waals surface area contributed by atoms with E-state index in [0.717, 1.165) is 70.5 Å². The zero-order chi connectivity index (χ0) is 39.8. The first-order valence-corrected chi connectivity index (χ1v) is 20.6. The van der Waals surface area contributed by atoms with Gasteiger partial charge in [-0.2, -0.15) is 0 Å². The predicted molar refractivity (Wildman–Crippen MR) is 227 cm³/mol. The summed E-state index contributed by atoms with van der Waals surface area (Å²) in [6, 6.07) is 9.65. The van der Waals surface area contributed by atoms with Gasteiger partial charge in [-0.1, -0.05) is 125 Å². The van der Waals surface area contributed by atoms with Crippen molar-refractivity contribution in [3.05, 3.63) is 58.6 Å². The summed E-state index contributed by atoms with van der Waals surface area (Å²) in [5.74, 6) is 2.05. The summed E-state index contributed by atoms with van der Waals surface area (Å²) in [4.78, 5) is 22.6. The monoisotopic (exact) mass is 735 g/mol. The zero-order valence-corrected chi connectivity index (χ0v) is 36.1. The van der Waals surface area contributed by atoms with Gasteiger partial charge in [-0.3, -0.25) is 15.1 Å². The van der Waals surface area contributed by atoms with Gasteiger partial charge < -0.3 is 14.0 Å². The quantitative estimate of drug-likeness (QED) is 0.148. The number of amides is 1. The van der Waals surface area contributed by atoms with Crippen LogP contribution in [-0.4, -0.2) is 64.6 Å². The molecule has 8 nitrogen and oxygen atoms in total. The molecule has 0 saturated heterocycles. The molecule has 3 aromatic rings. The van der Waals surface area contributed by atoms with Crippen molar-refractivity contribution in [2.75, 3.05) is 39.2 Å². The molecule has 1 saturated carbocycles. The Morgan fingerprint density at radius 1 is 0.906 bits per heavy atom. The van der Waals surface area contributed by atoms with Crippen LogP contribution in [0.1, 0.15) is 160 Å². The molecule has 3 heterocycles. The van der Waals surface area contributed by atoms with E-state index in [0.29, 0.717) is 18.1 Å². The number of rotatable bonds is 12. The van der Waals surface area contributed by atoms with Gasteiger partial charge in [0.1, 0.15) is 24.5 Å². The maximum atomic E-state index is 13.3. The van der Waals surface area contributed by atoms with Gasteiger partial charge in [-0.05, 0) is 49.6 Å². The van der Waals surface area contributed by atoms with Crippen LogP contribution in [0.4, 0.5) is 5.95 Å². The van der Waals surface area contributed by atoms with Crippen LogP contribution in [-0.2, 0) is 16.5 Å². The summed E-state index contributed by atoms with van der Waals surface area (Å²) < 4.78 is 15.2. The number of carbonyl (C=O) groups is 1. The smallest absolute Gasteiger partial charge is 0.258 e. The van der Waals surface area contributed by atoms with Crippen LogP contribution in [0, 0.1) is 19.8 Å². The Morgan fingerprint density at radius 2 is 1.55 bits per heavy atom. The van der Waals surface area contributed by atoms with Gasteiger partial charge in [0.05, 0.1) is 30.3 Å². The van der Waals surface area contributed by atoms with Gasteiger partial charge in [0.2, 0.25) is 5.95 Å². The van der Waals surface area contributed by atoms with E-state index >= 15 is 0 Å². The number of nitrogens with zero attached hydrogens (tertiary/aromatic N) is 4. The average Bonchev–Trinajstić information content (AvgIpc) is 3.84. The van der Waals surface area contributed by atoms with Crippen molar-refractivity contribution >= 4 is 34.2 Å². The first-order valence-electron chi connectivity index (χ1n) is 20.6. The zero-order valence-electron chi connectivity index (χ0n) is 36.1. The summed E-state index contributed by atoms with van der Waals surface area (Å²) in [5, 5.41) is 2.97. The van der Waals surface area contributed by atoms with E-state index in [9.17, 15) is 4.79 Å². The Morgan fingerprint density at radius 3 is 2.09 bits per heavy atom. The summed E-state index contributed by atoms with van der Waals surface area (Å²) in [6.07, 6.45) is 16.5. The second kappa shape index (κ2) is 27.1. The van der Waals surface area contributed by atoms with Crippen molar-refractivity contribution < 1.29 is 18.8 Å². The van der Waals surface area contributed by atoms with E-state index in [-0.39, 0.29) is 5.91 Å². The fourth-order valence-electron chi connectivity index (χ4n) is 6.10. The number of allylic oxidation sites excluding steroid dienone is 1. The summed E-state index contributed by atoms with van der Waals surface area (Å²) >= 11 is 0. The summed E-state index contributed by atoms with van der Waals surface area (Å²) in [6.45, 7) is 23.5. The molecular formula is C45H76N5O3+. The number of aryl methyl sites for hydroxylation is 3. The molecule has 5 rings (SSSR count). The first kappa shape index (κ1) is 47.5. The maximum Gasteiger partial charge on any atom is 0.258 e. The molecule has 1 N–H and O–H groups in total. The number of carbonyl (C=O) groups excluding carboxylic acids is 1. The lowest BCUT2D eigenvalue weighted by atomic mass is 9.98. The Hall–Kier alpha value is -3.52. The van der Waals surface area contributed by atoms with Crippen molar-refractivity contribution in [2.45, 2.75) is 146 Å². The van der Waals surface area contributed by atoms with Gasteiger partial charge in [0.15, 0.2) is 12.3 Å². The lowest BCUT2D eigenvalue weighted by Crippen LogP contribution is -2.30. The van der Waals surface area contributed by atoms with Crippen LogP contribution in [0.15, 0.2) is 36.1 Å². The minimum absolute atomic E-state index is 0.230. The van der Waals surface area contributed by atoms with Crippen molar-refractivity contribution in [3.63, 3.8) is 0 Å². The van der Waals surface area contributed by atoms with Crippen LogP contribution in [0.3, 0.4) is 0 Å². The standard InChI is InChI=1S/C26H31N5O3.C8H18.C5H10.C4H10.C2H6/c1-16-7-8-20-22(13-16)30(4)26(28-20)29-25(32)19-14-17(2)27-21(15-19)24-18(3)31(11-12-33-5)10-9-23(24)34-6;1-4-5-6-7-8(2)3;1-2-4-5-3-1;1-3-4-2;1-2/h7-8,13-15H,9-12H2,1-6H3;8H,4-7H2,1-3H3;1-5H2;3-4H2,1-2H3;1-2H3/p+1. The number of unbranched alkanes of at least 4 members (excludes halogenated alkanes) is 3. The molecule has 0 radical (unpaired) electrons. The van der Waals surface area contributed by atoms with Crippen LogP contribution in [0.5, 0.6) is 0 Å².